The van der Waals surface area contributed by atoms with E-state index in [2.05, 4.69) is 34.3 Å². The van der Waals surface area contributed by atoms with E-state index in [0.717, 1.165) is 12.0 Å². The monoisotopic (exact) mass is 444 g/mol. The maximum atomic E-state index is 13.2. The Hall–Kier alpha value is -3.45. The molecule has 0 spiro atoms. The Kier molecular flexibility index (Phi) is 6.66. The van der Waals surface area contributed by atoms with Crippen molar-refractivity contribution in [2.45, 2.75) is 31.5 Å². The molecule has 32 heavy (non-hydrogen) atoms. The lowest BCUT2D eigenvalue weighted by atomic mass is 10.1. The number of para-hydroxylation sites is 1. The summed E-state index contributed by atoms with van der Waals surface area (Å²) < 4.78 is 1.54. The zero-order chi connectivity index (χ0) is 22.5. The molecule has 0 aliphatic rings. The van der Waals surface area contributed by atoms with Crippen molar-refractivity contribution in [3.8, 4) is 5.69 Å². The Bertz CT molecular complexity index is 1290. The summed E-state index contributed by atoms with van der Waals surface area (Å²) in [5.74, 6) is 0.00619. The number of carbonyl (C=O) groups is 1. The molecule has 4 aromatic rings. The number of rotatable bonds is 7. The number of nitrogens with one attached hydrogen (secondary N) is 1. The molecule has 4 rings (SSSR count). The summed E-state index contributed by atoms with van der Waals surface area (Å²) in [5.41, 5.74) is 3.18. The molecule has 0 saturated carbocycles. The molecule has 2 heterocycles. The number of aromatic nitrogens is 3. The smallest absolute Gasteiger partial charge is 0.268 e. The standard InChI is InChI=1S/C25H24N4O2S/c1-3-18-11-13-19(14-12-18)17(2)27-22(30)16-32-25-28-23-21(10-7-15-26-23)24(31)29(25)20-8-5-4-6-9-20/h4-15,17H,3,16H2,1-2H3,(H,27,30)/t17-/m1/s1. The molecule has 2 aromatic heterocycles. The first-order chi connectivity index (χ1) is 15.6. The largest absolute Gasteiger partial charge is 0.349 e. The molecule has 1 N–H and O–H groups in total. The fourth-order valence-electron chi connectivity index (χ4n) is 3.44. The van der Waals surface area contributed by atoms with Crippen LogP contribution in [-0.2, 0) is 11.2 Å². The number of amides is 1. The van der Waals surface area contributed by atoms with E-state index in [9.17, 15) is 9.59 Å². The summed E-state index contributed by atoms with van der Waals surface area (Å²) in [6.45, 7) is 4.07. The third-order valence-electron chi connectivity index (χ3n) is 5.23. The second kappa shape index (κ2) is 9.78. The van der Waals surface area contributed by atoms with Gasteiger partial charge in [-0.3, -0.25) is 14.2 Å². The number of hydrogen-bond donors (Lipinski definition) is 1. The number of thioether (sulfide) groups is 1. The van der Waals surface area contributed by atoms with Crippen molar-refractivity contribution in [2.24, 2.45) is 0 Å². The first-order valence-corrected chi connectivity index (χ1v) is 11.5. The van der Waals surface area contributed by atoms with Gasteiger partial charge in [0.15, 0.2) is 10.8 Å². The van der Waals surface area contributed by atoms with Crippen molar-refractivity contribution in [1.82, 2.24) is 19.9 Å². The topological polar surface area (TPSA) is 76.9 Å². The average molecular weight is 445 g/mol. The minimum Gasteiger partial charge on any atom is -0.349 e. The van der Waals surface area contributed by atoms with Gasteiger partial charge in [0.05, 0.1) is 22.9 Å². The molecule has 7 heteroatoms. The molecule has 0 bridgehead atoms. The predicted molar refractivity (Wildman–Crippen MR) is 128 cm³/mol. The van der Waals surface area contributed by atoms with Crippen molar-refractivity contribution < 1.29 is 4.79 Å². The number of pyridine rings is 1. The number of benzene rings is 2. The molecular formula is C25H24N4O2S. The van der Waals surface area contributed by atoms with Gasteiger partial charge < -0.3 is 5.32 Å². The molecule has 0 unspecified atom stereocenters. The number of carbonyl (C=O) groups excluding carboxylic acids is 1. The van der Waals surface area contributed by atoms with Gasteiger partial charge in [0.25, 0.3) is 5.56 Å². The van der Waals surface area contributed by atoms with Crippen LogP contribution in [0.15, 0.2) is 82.9 Å². The van der Waals surface area contributed by atoms with Crippen LogP contribution in [0.25, 0.3) is 16.7 Å². The molecule has 1 atom stereocenters. The molecule has 2 aromatic carbocycles. The number of hydrogen-bond acceptors (Lipinski definition) is 5. The van der Waals surface area contributed by atoms with Crippen LogP contribution in [0.5, 0.6) is 0 Å². The summed E-state index contributed by atoms with van der Waals surface area (Å²) in [6.07, 6.45) is 2.59. The van der Waals surface area contributed by atoms with Crippen LogP contribution in [-0.4, -0.2) is 26.2 Å². The van der Waals surface area contributed by atoms with Gasteiger partial charge in [0, 0.05) is 6.20 Å². The SMILES string of the molecule is CCc1ccc([C@@H](C)NC(=O)CSc2nc3ncccc3c(=O)n2-c2ccccc2)cc1. The molecule has 1 amide bonds. The quantitative estimate of drug-likeness (QED) is 0.339. The van der Waals surface area contributed by atoms with Crippen molar-refractivity contribution in [1.29, 1.82) is 0 Å². The van der Waals surface area contributed by atoms with Crippen LogP contribution in [0.2, 0.25) is 0 Å². The highest BCUT2D eigenvalue weighted by Gasteiger charge is 2.16. The Labute approximate surface area is 190 Å². The summed E-state index contributed by atoms with van der Waals surface area (Å²) in [6, 6.07) is 20.9. The molecule has 0 saturated heterocycles. The zero-order valence-corrected chi connectivity index (χ0v) is 18.8. The molecule has 0 fully saturated rings. The maximum absolute atomic E-state index is 13.2. The Morgan fingerprint density at radius 3 is 2.53 bits per heavy atom. The van der Waals surface area contributed by atoms with Crippen LogP contribution in [0.1, 0.15) is 31.0 Å². The average Bonchev–Trinajstić information content (AvgIpc) is 2.83. The highest BCUT2D eigenvalue weighted by molar-refractivity contribution is 7.99. The summed E-state index contributed by atoms with van der Waals surface area (Å²) >= 11 is 1.22. The van der Waals surface area contributed by atoms with E-state index in [0.29, 0.717) is 21.9 Å². The number of nitrogens with zero attached hydrogens (tertiary/aromatic N) is 3. The van der Waals surface area contributed by atoms with E-state index in [1.807, 2.05) is 49.4 Å². The van der Waals surface area contributed by atoms with Gasteiger partial charge >= 0.3 is 0 Å². The fourth-order valence-corrected chi connectivity index (χ4v) is 4.25. The van der Waals surface area contributed by atoms with Gasteiger partial charge in [-0.15, -0.1) is 0 Å². The molecule has 6 nitrogen and oxygen atoms in total. The van der Waals surface area contributed by atoms with Crippen LogP contribution in [0.3, 0.4) is 0 Å². The summed E-state index contributed by atoms with van der Waals surface area (Å²) in [4.78, 5) is 34.6. The van der Waals surface area contributed by atoms with Crippen molar-refractivity contribution in [2.75, 3.05) is 5.75 Å². The summed E-state index contributed by atoms with van der Waals surface area (Å²) in [5, 5.41) is 3.90. The molecule has 0 aliphatic carbocycles. The highest BCUT2D eigenvalue weighted by atomic mass is 32.2. The van der Waals surface area contributed by atoms with Crippen molar-refractivity contribution in [3.05, 3.63) is 94.4 Å². The first kappa shape index (κ1) is 21.8. The second-order valence-electron chi connectivity index (χ2n) is 7.42. The van der Waals surface area contributed by atoms with Crippen LogP contribution in [0.4, 0.5) is 0 Å². The third kappa shape index (κ3) is 4.73. The lowest BCUT2D eigenvalue weighted by molar-refractivity contribution is -0.119. The van der Waals surface area contributed by atoms with Gasteiger partial charge in [0.1, 0.15) is 0 Å². The van der Waals surface area contributed by atoms with Crippen molar-refractivity contribution >= 4 is 28.7 Å². The van der Waals surface area contributed by atoms with E-state index in [4.69, 9.17) is 0 Å². The van der Waals surface area contributed by atoms with Gasteiger partial charge in [0.2, 0.25) is 5.91 Å². The molecule has 0 aliphatic heterocycles. The molecular weight excluding hydrogens is 420 g/mol. The van der Waals surface area contributed by atoms with Crippen LogP contribution in [0, 0.1) is 0 Å². The molecule has 162 valence electrons. The lowest BCUT2D eigenvalue weighted by Crippen LogP contribution is -2.29. The van der Waals surface area contributed by atoms with E-state index < -0.39 is 0 Å². The Balaban J connectivity index is 1.55. The Morgan fingerprint density at radius 2 is 1.81 bits per heavy atom. The third-order valence-corrected chi connectivity index (χ3v) is 6.16. The van der Waals surface area contributed by atoms with Crippen molar-refractivity contribution in [3.63, 3.8) is 0 Å². The van der Waals surface area contributed by atoms with E-state index in [-0.39, 0.29) is 23.3 Å². The fraction of sp³-hybridized carbons (Fsp3) is 0.200. The zero-order valence-electron chi connectivity index (χ0n) is 18.0. The maximum Gasteiger partial charge on any atom is 0.268 e. The lowest BCUT2D eigenvalue weighted by Gasteiger charge is -2.16. The normalized spacial score (nSPS) is 11.9. The number of fused-ring (bicyclic) bond motifs is 1. The van der Waals surface area contributed by atoms with E-state index in [1.54, 1.807) is 18.3 Å². The van der Waals surface area contributed by atoms with Gasteiger partial charge in [-0.25, -0.2) is 9.97 Å². The summed E-state index contributed by atoms with van der Waals surface area (Å²) in [7, 11) is 0. The van der Waals surface area contributed by atoms with Crippen LogP contribution >= 0.6 is 11.8 Å². The number of aryl methyl sites for hydroxylation is 1. The highest BCUT2D eigenvalue weighted by Crippen LogP contribution is 2.21. The van der Waals surface area contributed by atoms with E-state index >= 15 is 0 Å². The first-order valence-electron chi connectivity index (χ1n) is 10.5. The Morgan fingerprint density at radius 1 is 1.06 bits per heavy atom. The van der Waals surface area contributed by atoms with Crippen LogP contribution < -0.4 is 10.9 Å². The van der Waals surface area contributed by atoms with E-state index in [1.165, 1.54) is 21.9 Å². The van der Waals surface area contributed by atoms with Gasteiger partial charge in [-0.2, -0.15) is 0 Å². The second-order valence-corrected chi connectivity index (χ2v) is 8.36. The minimum absolute atomic E-state index is 0.114. The molecule has 0 radical (unpaired) electrons. The predicted octanol–water partition coefficient (Wildman–Crippen LogP) is 4.31. The van der Waals surface area contributed by atoms with Gasteiger partial charge in [-0.05, 0) is 48.7 Å². The van der Waals surface area contributed by atoms with Gasteiger partial charge in [-0.1, -0.05) is 61.2 Å². The minimum atomic E-state index is -0.207.